The largest absolute Gasteiger partial charge is 0.457 e. The molecule has 0 saturated heterocycles. The first-order valence-corrected chi connectivity index (χ1v) is 9.70. The molecule has 1 atom stereocenters. The summed E-state index contributed by atoms with van der Waals surface area (Å²) < 4.78 is 5.85. The van der Waals surface area contributed by atoms with Gasteiger partial charge in [0.25, 0.3) is 0 Å². The zero-order chi connectivity index (χ0) is 21.6. The Kier molecular flexibility index (Phi) is 5.79. The summed E-state index contributed by atoms with van der Waals surface area (Å²) in [4.78, 5) is 31.6. The molecule has 0 fully saturated rings. The minimum Gasteiger partial charge on any atom is -0.457 e. The van der Waals surface area contributed by atoms with Crippen LogP contribution in [0.15, 0.2) is 78.9 Å². The SMILES string of the molecule is NC(=O)N[C@@H](CC(=O)Nc1nc2ccccc2[nH]1)c1cccc(Oc2ccccc2)c1. The molecule has 0 saturated carbocycles. The van der Waals surface area contributed by atoms with Crippen molar-refractivity contribution in [3.05, 3.63) is 84.4 Å². The number of aromatic amines is 1. The number of benzene rings is 3. The molecule has 0 unspecified atom stereocenters. The fourth-order valence-corrected chi connectivity index (χ4v) is 3.22. The summed E-state index contributed by atoms with van der Waals surface area (Å²) in [7, 11) is 0. The second kappa shape index (κ2) is 9.00. The fourth-order valence-electron chi connectivity index (χ4n) is 3.22. The minimum absolute atomic E-state index is 0.0330. The van der Waals surface area contributed by atoms with E-state index in [1.807, 2.05) is 54.6 Å². The number of primary amides is 1. The standard InChI is InChI=1S/C23H21N5O3/c24-22(30)25-20(14-21(29)28-23-26-18-11-4-5-12-19(18)27-23)15-7-6-10-17(13-15)31-16-8-2-1-3-9-16/h1-13,20H,14H2,(H3,24,25,30)(H2,26,27,28,29)/t20-/m0/s1. The lowest BCUT2D eigenvalue weighted by atomic mass is 10.0. The van der Waals surface area contributed by atoms with Gasteiger partial charge in [0.05, 0.1) is 23.5 Å². The van der Waals surface area contributed by atoms with E-state index in [0.717, 1.165) is 11.0 Å². The Morgan fingerprint density at radius 2 is 1.71 bits per heavy atom. The highest BCUT2D eigenvalue weighted by molar-refractivity contribution is 5.91. The van der Waals surface area contributed by atoms with E-state index in [-0.39, 0.29) is 12.3 Å². The molecule has 0 radical (unpaired) electrons. The maximum Gasteiger partial charge on any atom is 0.312 e. The van der Waals surface area contributed by atoms with Crippen LogP contribution in [0, 0.1) is 0 Å². The highest BCUT2D eigenvalue weighted by Gasteiger charge is 2.19. The maximum atomic E-state index is 12.6. The molecule has 3 amide bonds. The zero-order valence-electron chi connectivity index (χ0n) is 16.5. The third kappa shape index (κ3) is 5.18. The van der Waals surface area contributed by atoms with Gasteiger partial charge in [-0.2, -0.15) is 0 Å². The van der Waals surface area contributed by atoms with Gasteiger partial charge in [-0.15, -0.1) is 0 Å². The van der Waals surface area contributed by atoms with Gasteiger partial charge in [-0.3, -0.25) is 10.1 Å². The Hall–Kier alpha value is -4.33. The van der Waals surface area contributed by atoms with Crippen molar-refractivity contribution in [3.63, 3.8) is 0 Å². The van der Waals surface area contributed by atoms with Crippen LogP contribution in [0.2, 0.25) is 0 Å². The number of anilines is 1. The number of imidazole rings is 1. The molecule has 0 aliphatic rings. The van der Waals surface area contributed by atoms with Gasteiger partial charge in [0.1, 0.15) is 11.5 Å². The number of carbonyl (C=O) groups excluding carboxylic acids is 2. The van der Waals surface area contributed by atoms with Crippen molar-refractivity contribution < 1.29 is 14.3 Å². The highest BCUT2D eigenvalue weighted by atomic mass is 16.5. The van der Waals surface area contributed by atoms with Crippen molar-refractivity contribution >= 4 is 28.9 Å². The molecule has 1 aromatic heterocycles. The highest BCUT2D eigenvalue weighted by Crippen LogP contribution is 2.26. The van der Waals surface area contributed by atoms with Crippen LogP contribution >= 0.6 is 0 Å². The molecule has 4 rings (SSSR count). The molecule has 0 spiro atoms. The summed E-state index contributed by atoms with van der Waals surface area (Å²) >= 11 is 0. The first-order chi connectivity index (χ1) is 15.1. The van der Waals surface area contributed by atoms with Crippen LogP contribution in [0.3, 0.4) is 0 Å². The van der Waals surface area contributed by atoms with E-state index >= 15 is 0 Å². The molecular weight excluding hydrogens is 394 g/mol. The predicted molar refractivity (Wildman–Crippen MR) is 118 cm³/mol. The minimum atomic E-state index is -0.726. The van der Waals surface area contributed by atoms with E-state index < -0.39 is 12.1 Å². The zero-order valence-corrected chi connectivity index (χ0v) is 16.5. The molecule has 1 heterocycles. The predicted octanol–water partition coefficient (Wildman–Crippen LogP) is 4.09. The lowest BCUT2D eigenvalue weighted by molar-refractivity contribution is -0.116. The van der Waals surface area contributed by atoms with Crippen molar-refractivity contribution in [1.29, 1.82) is 0 Å². The number of nitrogens with two attached hydrogens (primary N) is 1. The number of nitrogens with one attached hydrogen (secondary N) is 3. The second-order valence-electron chi connectivity index (χ2n) is 6.90. The number of rotatable bonds is 7. The van der Waals surface area contributed by atoms with Crippen LogP contribution in [0.1, 0.15) is 18.0 Å². The summed E-state index contributed by atoms with van der Waals surface area (Å²) in [6, 6.07) is 22.6. The van der Waals surface area contributed by atoms with Crippen LogP contribution in [-0.2, 0) is 4.79 Å². The van der Waals surface area contributed by atoms with Crippen LogP contribution in [0.5, 0.6) is 11.5 Å². The van der Waals surface area contributed by atoms with E-state index in [1.54, 1.807) is 24.3 Å². The first kappa shape index (κ1) is 20.0. The molecule has 8 heteroatoms. The number of hydrogen-bond donors (Lipinski definition) is 4. The molecule has 8 nitrogen and oxygen atoms in total. The third-order valence-electron chi connectivity index (χ3n) is 4.59. The van der Waals surface area contributed by atoms with Crippen molar-refractivity contribution in [2.45, 2.75) is 12.5 Å². The number of fused-ring (bicyclic) bond motifs is 1. The van der Waals surface area contributed by atoms with Gasteiger partial charge in [-0.1, -0.05) is 42.5 Å². The number of carbonyl (C=O) groups is 2. The van der Waals surface area contributed by atoms with Crippen molar-refractivity contribution in [2.75, 3.05) is 5.32 Å². The molecule has 0 bridgehead atoms. The fraction of sp³-hybridized carbons (Fsp3) is 0.0870. The lowest BCUT2D eigenvalue weighted by Gasteiger charge is -2.18. The Morgan fingerprint density at radius 3 is 2.48 bits per heavy atom. The van der Waals surface area contributed by atoms with Gasteiger partial charge >= 0.3 is 6.03 Å². The van der Waals surface area contributed by atoms with E-state index in [2.05, 4.69) is 20.6 Å². The molecular formula is C23H21N5O3. The summed E-state index contributed by atoms with van der Waals surface area (Å²) in [6.07, 6.45) is -0.0330. The quantitative estimate of drug-likeness (QED) is 0.363. The van der Waals surface area contributed by atoms with Crippen LogP contribution in [-0.4, -0.2) is 21.9 Å². The number of ether oxygens (including phenoxy) is 1. The van der Waals surface area contributed by atoms with E-state index in [4.69, 9.17) is 10.5 Å². The molecule has 0 aliphatic heterocycles. The number of hydrogen-bond acceptors (Lipinski definition) is 4. The van der Waals surface area contributed by atoms with Gasteiger partial charge in [0.2, 0.25) is 11.9 Å². The van der Waals surface area contributed by atoms with Crippen LogP contribution in [0.4, 0.5) is 10.7 Å². The number of nitrogens with zero attached hydrogens (tertiary/aromatic N) is 1. The average molecular weight is 415 g/mol. The number of amides is 3. The molecule has 3 aromatic carbocycles. The van der Waals surface area contributed by atoms with Gasteiger partial charge in [0.15, 0.2) is 0 Å². The number of H-pyrrole nitrogens is 1. The Labute approximate surface area is 178 Å². The van der Waals surface area contributed by atoms with E-state index in [9.17, 15) is 9.59 Å². The van der Waals surface area contributed by atoms with E-state index in [0.29, 0.717) is 23.0 Å². The third-order valence-corrected chi connectivity index (χ3v) is 4.59. The average Bonchev–Trinajstić information content (AvgIpc) is 3.16. The number of urea groups is 1. The summed E-state index contributed by atoms with van der Waals surface area (Å²) in [6.45, 7) is 0. The van der Waals surface area contributed by atoms with Crippen molar-refractivity contribution in [2.24, 2.45) is 5.73 Å². The smallest absolute Gasteiger partial charge is 0.312 e. The lowest BCUT2D eigenvalue weighted by Crippen LogP contribution is -2.35. The monoisotopic (exact) mass is 415 g/mol. The van der Waals surface area contributed by atoms with Crippen molar-refractivity contribution in [1.82, 2.24) is 15.3 Å². The molecule has 4 aromatic rings. The Balaban J connectivity index is 1.49. The van der Waals surface area contributed by atoms with Gasteiger partial charge in [0, 0.05) is 0 Å². The Morgan fingerprint density at radius 1 is 0.968 bits per heavy atom. The summed E-state index contributed by atoms with van der Waals surface area (Å²) in [5, 5.41) is 5.35. The molecule has 31 heavy (non-hydrogen) atoms. The second-order valence-corrected chi connectivity index (χ2v) is 6.90. The Bertz CT molecular complexity index is 1170. The maximum absolute atomic E-state index is 12.6. The number of aromatic nitrogens is 2. The molecule has 0 aliphatic carbocycles. The van der Waals surface area contributed by atoms with E-state index in [1.165, 1.54) is 0 Å². The normalized spacial score (nSPS) is 11.6. The topological polar surface area (TPSA) is 122 Å². The summed E-state index contributed by atoms with van der Waals surface area (Å²) in [5.41, 5.74) is 7.59. The van der Waals surface area contributed by atoms with Gasteiger partial charge in [-0.25, -0.2) is 9.78 Å². The number of para-hydroxylation sites is 3. The van der Waals surface area contributed by atoms with Gasteiger partial charge < -0.3 is 20.8 Å². The van der Waals surface area contributed by atoms with Crippen LogP contribution in [0.25, 0.3) is 11.0 Å². The van der Waals surface area contributed by atoms with Crippen LogP contribution < -0.4 is 21.1 Å². The van der Waals surface area contributed by atoms with Gasteiger partial charge in [-0.05, 0) is 42.0 Å². The molecule has 5 N–H and O–H groups in total. The summed E-state index contributed by atoms with van der Waals surface area (Å²) in [5.74, 6) is 1.27. The van der Waals surface area contributed by atoms with Crippen molar-refractivity contribution in [3.8, 4) is 11.5 Å². The molecule has 156 valence electrons. The first-order valence-electron chi connectivity index (χ1n) is 9.70.